The molecular formula is C29H23F5N4O4S. The number of benzene rings is 2. The molecule has 43 heavy (non-hydrogen) atoms. The van der Waals surface area contributed by atoms with Crippen molar-refractivity contribution >= 4 is 23.2 Å². The number of carbonyl (C=O) groups is 2. The molecule has 14 heteroatoms. The SMILES string of the molecule is Cc1nc(-c2ccccc2F)sc1C(=O)NCC(O)(c1cc2c(c(-c3ccc(F)cc3)n1)OC[C@]2(C)C(N)=O)C(F)(F)F. The first-order chi connectivity index (χ1) is 20.2. The molecular weight excluding hydrogens is 595 g/mol. The summed E-state index contributed by atoms with van der Waals surface area (Å²) in [5.74, 6) is -3.16. The standard InChI is InChI=1S/C29H23F5N4O4S/c1-14-23(43-25(37-14)17-5-3-4-6-19(17)31)24(39)36-12-28(41,29(32,33)34)20-11-18-22(42-13-27(18,2)26(35)40)21(38-20)15-7-9-16(30)10-8-15/h3-11,41H,12-13H2,1-2H3,(H2,35,40)(H,36,39)/t27-,28?/m0/s1. The highest BCUT2D eigenvalue weighted by molar-refractivity contribution is 7.17. The second-order valence-corrected chi connectivity index (χ2v) is 11.2. The van der Waals surface area contributed by atoms with Gasteiger partial charge >= 0.3 is 6.18 Å². The molecule has 5 rings (SSSR count). The molecule has 0 saturated carbocycles. The van der Waals surface area contributed by atoms with Crippen LogP contribution in [0.15, 0.2) is 54.6 Å². The molecule has 0 aliphatic carbocycles. The molecule has 8 nitrogen and oxygen atoms in total. The maximum atomic E-state index is 14.6. The summed E-state index contributed by atoms with van der Waals surface area (Å²) in [4.78, 5) is 33.6. The number of aliphatic hydroxyl groups is 1. The summed E-state index contributed by atoms with van der Waals surface area (Å²) < 4.78 is 77.4. The number of halogens is 5. The molecule has 0 spiro atoms. The Morgan fingerprint density at radius 1 is 1.12 bits per heavy atom. The lowest BCUT2D eigenvalue weighted by atomic mass is 9.81. The first kappa shape index (κ1) is 30.0. The molecule has 0 fully saturated rings. The average Bonchev–Trinajstić information content (AvgIpc) is 3.52. The summed E-state index contributed by atoms with van der Waals surface area (Å²) in [5.41, 5.74) is -0.599. The Hall–Kier alpha value is -4.43. The average molecular weight is 619 g/mol. The number of hydrogen-bond donors (Lipinski definition) is 3. The zero-order valence-electron chi connectivity index (χ0n) is 22.6. The number of nitrogens with zero attached hydrogens (tertiary/aromatic N) is 2. The first-order valence-corrected chi connectivity index (χ1v) is 13.5. The summed E-state index contributed by atoms with van der Waals surface area (Å²) in [6, 6.07) is 11.2. The molecule has 0 bridgehead atoms. The third-order valence-electron chi connectivity index (χ3n) is 7.24. The second-order valence-electron chi connectivity index (χ2n) is 10.2. The van der Waals surface area contributed by atoms with E-state index in [1.54, 1.807) is 6.07 Å². The van der Waals surface area contributed by atoms with Crippen molar-refractivity contribution in [1.29, 1.82) is 0 Å². The van der Waals surface area contributed by atoms with E-state index in [0.717, 1.165) is 29.5 Å². The number of primary amides is 1. The van der Waals surface area contributed by atoms with Gasteiger partial charge in [0.1, 0.15) is 45.0 Å². The Labute approximate surface area is 245 Å². The normalized spacial score (nSPS) is 17.6. The van der Waals surface area contributed by atoms with Crippen LogP contribution >= 0.6 is 11.3 Å². The van der Waals surface area contributed by atoms with Crippen molar-refractivity contribution < 1.29 is 41.4 Å². The van der Waals surface area contributed by atoms with Crippen LogP contribution in [0.25, 0.3) is 21.8 Å². The summed E-state index contributed by atoms with van der Waals surface area (Å²) in [6.07, 6.45) is -5.38. The summed E-state index contributed by atoms with van der Waals surface area (Å²) in [6.45, 7) is 1.11. The van der Waals surface area contributed by atoms with Gasteiger partial charge in [-0.3, -0.25) is 9.59 Å². The van der Waals surface area contributed by atoms with Crippen molar-refractivity contribution in [2.75, 3.05) is 13.2 Å². The predicted molar refractivity (Wildman–Crippen MR) is 146 cm³/mol. The van der Waals surface area contributed by atoms with E-state index in [1.807, 2.05) is 0 Å². The zero-order valence-corrected chi connectivity index (χ0v) is 23.4. The highest BCUT2D eigenvalue weighted by atomic mass is 32.1. The Kier molecular flexibility index (Phi) is 7.47. The monoisotopic (exact) mass is 618 g/mol. The fourth-order valence-electron chi connectivity index (χ4n) is 4.58. The van der Waals surface area contributed by atoms with Crippen molar-refractivity contribution in [3.05, 3.63) is 88.1 Å². The van der Waals surface area contributed by atoms with Gasteiger partial charge in [0.25, 0.3) is 5.91 Å². The number of nitrogens with two attached hydrogens (primary N) is 1. The van der Waals surface area contributed by atoms with E-state index in [0.29, 0.717) is 0 Å². The molecule has 224 valence electrons. The molecule has 1 unspecified atom stereocenters. The predicted octanol–water partition coefficient (Wildman–Crippen LogP) is 4.77. The fourth-order valence-corrected chi connectivity index (χ4v) is 5.59. The van der Waals surface area contributed by atoms with Gasteiger partial charge in [0.05, 0.1) is 17.9 Å². The highest BCUT2D eigenvalue weighted by Gasteiger charge is 2.57. The summed E-state index contributed by atoms with van der Waals surface area (Å²) >= 11 is 0.769. The molecule has 0 radical (unpaired) electrons. The number of aromatic nitrogens is 2. The highest BCUT2D eigenvalue weighted by Crippen LogP contribution is 2.47. The number of carbonyl (C=O) groups excluding carboxylic acids is 2. The third-order valence-corrected chi connectivity index (χ3v) is 8.43. The van der Waals surface area contributed by atoms with E-state index >= 15 is 0 Å². The van der Waals surface area contributed by atoms with Crippen LogP contribution in [0, 0.1) is 18.6 Å². The first-order valence-electron chi connectivity index (χ1n) is 12.7. The molecule has 1 aliphatic heterocycles. The van der Waals surface area contributed by atoms with Crippen LogP contribution in [0.3, 0.4) is 0 Å². The number of hydrogen-bond acceptors (Lipinski definition) is 7. The van der Waals surface area contributed by atoms with Gasteiger partial charge in [0.15, 0.2) is 0 Å². The number of alkyl halides is 3. The molecule has 0 saturated heterocycles. The number of aryl methyl sites for hydroxylation is 1. The van der Waals surface area contributed by atoms with Crippen molar-refractivity contribution in [3.63, 3.8) is 0 Å². The van der Waals surface area contributed by atoms with Gasteiger partial charge in [-0.15, -0.1) is 11.3 Å². The number of rotatable bonds is 7. The van der Waals surface area contributed by atoms with Gasteiger partial charge < -0.3 is 20.9 Å². The summed E-state index contributed by atoms with van der Waals surface area (Å²) in [5, 5.41) is 13.4. The van der Waals surface area contributed by atoms with Gasteiger partial charge in [-0.1, -0.05) is 12.1 Å². The zero-order chi connectivity index (χ0) is 31.3. The quantitative estimate of drug-likeness (QED) is 0.256. The van der Waals surface area contributed by atoms with E-state index < -0.39 is 52.9 Å². The summed E-state index contributed by atoms with van der Waals surface area (Å²) in [7, 11) is 0. The fraction of sp³-hybridized carbons (Fsp3) is 0.241. The van der Waals surface area contributed by atoms with E-state index in [-0.39, 0.29) is 50.3 Å². The minimum atomic E-state index is -5.38. The maximum Gasteiger partial charge on any atom is 0.424 e. The Bertz CT molecular complexity index is 1740. The number of ether oxygens (including phenoxy) is 1. The minimum absolute atomic E-state index is 0.0498. The van der Waals surface area contributed by atoms with Crippen LogP contribution in [0.2, 0.25) is 0 Å². The van der Waals surface area contributed by atoms with Gasteiger partial charge in [-0.25, -0.2) is 18.7 Å². The minimum Gasteiger partial charge on any atom is -0.489 e. The smallest absolute Gasteiger partial charge is 0.424 e. The molecule has 2 atom stereocenters. The van der Waals surface area contributed by atoms with Crippen LogP contribution in [0.4, 0.5) is 22.0 Å². The lowest BCUT2D eigenvalue weighted by molar-refractivity contribution is -0.265. The van der Waals surface area contributed by atoms with Crippen molar-refractivity contribution in [3.8, 4) is 27.6 Å². The number of pyridine rings is 1. The largest absolute Gasteiger partial charge is 0.489 e. The van der Waals surface area contributed by atoms with Crippen LogP contribution < -0.4 is 15.8 Å². The van der Waals surface area contributed by atoms with Gasteiger partial charge in [0.2, 0.25) is 11.5 Å². The van der Waals surface area contributed by atoms with Gasteiger partial charge in [-0.2, -0.15) is 13.2 Å². The van der Waals surface area contributed by atoms with E-state index in [1.165, 1.54) is 44.2 Å². The molecule has 3 heterocycles. The Balaban J connectivity index is 1.56. The second kappa shape index (κ2) is 10.7. The Morgan fingerprint density at radius 2 is 1.79 bits per heavy atom. The molecule has 1 aliphatic rings. The van der Waals surface area contributed by atoms with Gasteiger partial charge in [0, 0.05) is 16.7 Å². The molecule has 2 amide bonds. The number of fused-ring (bicyclic) bond motifs is 1. The lowest BCUT2D eigenvalue weighted by Gasteiger charge is -2.31. The van der Waals surface area contributed by atoms with Crippen LogP contribution in [0.5, 0.6) is 5.75 Å². The van der Waals surface area contributed by atoms with E-state index in [4.69, 9.17) is 10.5 Å². The maximum absolute atomic E-state index is 14.6. The van der Waals surface area contributed by atoms with Crippen LogP contribution in [-0.2, 0) is 15.8 Å². The number of nitrogens with one attached hydrogen (secondary N) is 1. The van der Waals surface area contributed by atoms with Crippen molar-refractivity contribution in [2.24, 2.45) is 5.73 Å². The molecule has 4 N–H and O–H groups in total. The van der Waals surface area contributed by atoms with E-state index in [9.17, 15) is 36.6 Å². The van der Waals surface area contributed by atoms with Gasteiger partial charge in [-0.05, 0) is 56.3 Å². The number of amides is 2. The number of thiazole rings is 1. The third kappa shape index (κ3) is 5.20. The lowest BCUT2D eigenvalue weighted by Crippen LogP contribution is -2.51. The topological polar surface area (TPSA) is 127 Å². The van der Waals surface area contributed by atoms with E-state index in [2.05, 4.69) is 15.3 Å². The molecule has 4 aromatic rings. The van der Waals surface area contributed by atoms with Crippen LogP contribution in [-0.4, -0.2) is 46.2 Å². The van der Waals surface area contributed by atoms with Crippen molar-refractivity contribution in [1.82, 2.24) is 15.3 Å². The molecule has 2 aromatic heterocycles. The Morgan fingerprint density at radius 3 is 2.42 bits per heavy atom. The van der Waals surface area contributed by atoms with Crippen molar-refractivity contribution in [2.45, 2.75) is 31.0 Å². The van der Waals surface area contributed by atoms with Crippen LogP contribution in [0.1, 0.15) is 33.5 Å². The molecule has 2 aromatic carbocycles.